The maximum Gasteiger partial charge on any atom is 0.197 e. The summed E-state index contributed by atoms with van der Waals surface area (Å²) in [6, 6.07) is 12.9. The number of aryl methyl sites for hydroxylation is 1. The lowest BCUT2D eigenvalue weighted by Gasteiger charge is -2.17. The normalized spacial score (nSPS) is 10.7. The van der Waals surface area contributed by atoms with Crippen molar-refractivity contribution in [1.82, 2.24) is 4.90 Å². The fraction of sp³-hybridized carbons (Fsp3) is 0.423. The summed E-state index contributed by atoms with van der Waals surface area (Å²) < 4.78 is 11.9. The summed E-state index contributed by atoms with van der Waals surface area (Å²) in [6.45, 7) is 10.3. The Labute approximate surface area is 209 Å². The van der Waals surface area contributed by atoms with Crippen molar-refractivity contribution in [3.63, 3.8) is 0 Å². The molecular formula is C26H36Cl2N2O3. The molecule has 0 amide bonds. The van der Waals surface area contributed by atoms with Gasteiger partial charge in [-0.3, -0.25) is 4.79 Å². The molecule has 0 atom stereocenters. The maximum atomic E-state index is 13.4. The summed E-state index contributed by atoms with van der Waals surface area (Å²) >= 11 is 0. The number of furan rings is 1. The van der Waals surface area contributed by atoms with Crippen molar-refractivity contribution in [2.75, 3.05) is 32.0 Å². The zero-order valence-electron chi connectivity index (χ0n) is 19.8. The van der Waals surface area contributed by atoms with Gasteiger partial charge in [0.1, 0.15) is 17.1 Å². The molecule has 5 nitrogen and oxygen atoms in total. The number of rotatable bonds is 12. The van der Waals surface area contributed by atoms with Crippen molar-refractivity contribution >= 4 is 47.3 Å². The lowest BCUT2D eigenvalue weighted by Crippen LogP contribution is -2.25. The van der Waals surface area contributed by atoms with Crippen LogP contribution in [0.1, 0.15) is 61.7 Å². The summed E-state index contributed by atoms with van der Waals surface area (Å²) in [4.78, 5) is 15.8. The van der Waals surface area contributed by atoms with E-state index in [2.05, 4.69) is 25.7 Å². The molecule has 1 heterocycles. The van der Waals surface area contributed by atoms with Gasteiger partial charge in [0.15, 0.2) is 5.78 Å². The molecule has 0 aliphatic carbocycles. The number of nitrogens with two attached hydrogens (primary N) is 1. The third-order valence-electron chi connectivity index (χ3n) is 5.67. The SMILES string of the molecule is CCCCc1oc2ccc(N)cc2c1C(=O)c1ccc(OCCCN(CC)CC)cc1.Cl.Cl. The van der Waals surface area contributed by atoms with E-state index in [4.69, 9.17) is 14.9 Å². The van der Waals surface area contributed by atoms with Gasteiger partial charge in [0, 0.05) is 29.6 Å². The second-order valence-electron chi connectivity index (χ2n) is 7.84. The van der Waals surface area contributed by atoms with Crippen LogP contribution in [0.2, 0.25) is 0 Å². The molecule has 0 spiro atoms. The quantitative estimate of drug-likeness (QED) is 0.175. The van der Waals surface area contributed by atoms with Crippen LogP contribution in [0.15, 0.2) is 46.9 Å². The van der Waals surface area contributed by atoms with Gasteiger partial charge in [0.2, 0.25) is 0 Å². The summed E-state index contributed by atoms with van der Waals surface area (Å²) in [5, 5.41) is 0.785. The van der Waals surface area contributed by atoms with E-state index in [0.29, 0.717) is 29.0 Å². The average molecular weight is 495 g/mol. The molecule has 1 aromatic heterocycles. The van der Waals surface area contributed by atoms with Crippen LogP contribution in [0.5, 0.6) is 5.75 Å². The van der Waals surface area contributed by atoms with Crippen LogP contribution in [0, 0.1) is 0 Å². The lowest BCUT2D eigenvalue weighted by molar-refractivity contribution is 0.103. The second kappa shape index (κ2) is 14.1. The average Bonchev–Trinajstić information content (AvgIpc) is 3.15. The van der Waals surface area contributed by atoms with E-state index in [1.165, 1.54) is 0 Å². The van der Waals surface area contributed by atoms with E-state index in [0.717, 1.165) is 62.2 Å². The van der Waals surface area contributed by atoms with E-state index >= 15 is 0 Å². The van der Waals surface area contributed by atoms with Crippen molar-refractivity contribution < 1.29 is 13.9 Å². The fourth-order valence-corrected chi connectivity index (χ4v) is 3.79. The molecule has 0 bridgehead atoms. The minimum atomic E-state index is -0.0384. The first-order chi connectivity index (χ1) is 15.1. The number of nitrogens with zero attached hydrogens (tertiary/aromatic N) is 1. The number of unbranched alkanes of at least 4 members (excludes halogenated alkanes) is 1. The number of nitrogen functional groups attached to an aromatic ring is 1. The predicted molar refractivity (Wildman–Crippen MR) is 142 cm³/mol. The lowest BCUT2D eigenvalue weighted by atomic mass is 9.98. The number of carbonyl (C=O) groups is 1. The van der Waals surface area contributed by atoms with Gasteiger partial charge >= 0.3 is 0 Å². The molecule has 182 valence electrons. The maximum absolute atomic E-state index is 13.4. The molecule has 33 heavy (non-hydrogen) atoms. The minimum absolute atomic E-state index is 0. The highest BCUT2D eigenvalue weighted by molar-refractivity contribution is 6.17. The number of hydrogen-bond acceptors (Lipinski definition) is 5. The number of hydrogen-bond donors (Lipinski definition) is 1. The standard InChI is InChI=1S/C26H34N2O3.2ClH/c1-4-7-9-24-25(22-18-20(27)12-15-23(22)31-24)26(29)19-10-13-21(14-11-19)30-17-8-16-28(5-2)6-3;;/h10-15,18H,4-9,16-17,27H2,1-3H3;2*1H. The molecule has 0 unspecified atom stereocenters. The fourth-order valence-electron chi connectivity index (χ4n) is 3.79. The first kappa shape index (κ1) is 28.8. The van der Waals surface area contributed by atoms with Crippen LogP contribution < -0.4 is 10.5 Å². The van der Waals surface area contributed by atoms with Crippen LogP contribution in [-0.2, 0) is 6.42 Å². The van der Waals surface area contributed by atoms with Gasteiger partial charge in [-0.1, -0.05) is 27.2 Å². The Bertz CT molecular complexity index is 999. The first-order valence-corrected chi connectivity index (χ1v) is 11.4. The number of halogens is 2. The van der Waals surface area contributed by atoms with E-state index in [9.17, 15) is 4.79 Å². The summed E-state index contributed by atoms with van der Waals surface area (Å²) in [6.07, 6.45) is 3.72. The Kier molecular flexibility index (Phi) is 12.3. The molecule has 7 heteroatoms. The van der Waals surface area contributed by atoms with Crippen LogP contribution in [-0.4, -0.2) is 36.9 Å². The molecule has 0 saturated heterocycles. The smallest absolute Gasteiger partial charge is 0.197 e. The largest absolute Gasteiger partial charge is 0.494 e. The summed E-state index contributed by atoms with van der Waals surface area (Å²) in [5.41, 5.74) is 8.56. The molecule has 2 aromatic carbocycles. The van der Waals surface area contributed by atoms with E-state index in [1.54, 1.807) is 6.07 Å². The molecule has 0 aliphatic heterocycles. The van der Waals surface area contributed by atoms with Crippen molar-refractivity contribution in [2.24, 2.45) is 0 Å². The highest BCUT2D eigenvalue weighted by atomic mass is 35.5. The minimum Gasteiger partial charge on any atom is -0.494 e. The van der Waals surface area contributed by atoms with Crippen molar-refractivity contribution in [2.45, 2.75) is 46.5 Å². The first-order valence-electron chi connectivity index (χ1n) is 11.4. The number of ketones is 1. The Balaban J connectivity index is 0.00000272. The topological polar surface area (TPSA) is 68.7 Å². The monoisotopic (exact) mass is 494 g/mol. The third kappa shape index (κ3) is 7.39. The molecule has 0 fully saturated rings. The van der Waals surface area contributed by atoms with Gasteiger partial charge in [0.25, 0.3) is 0 Å². The zero-order chi connectivity index (χ0) is 22.2. The van der Waals surface area contributed by atoms with Gasteiger partial charge < -0.3 is 19.8 Å². The summed E-state index contributed by atoms with van der Waals surface area (Å²) in [5.74, 6) is 1.48. The molecule has 0 radical (unpaired) electrons. The Hall–Kier alpha value is -2.21. The van der Waals surface area contributed by atoms with Gasteiger partial charge in [-0.05, 0) is 68.4 Å². The molecule has 0 saturated carbocycles. The molecule has 0 aliphatic rings. The van der Waals surface area contributed by atoms with Crippen LogP contribution in [0.4, 0.5) is 5.69 Å². The van der Waals surface area contributed by atoms with Crippen LogP contribution in [0.25, 0.3) is 11.0 Å². The van der Waals surface area contributed by atoms with E-state index in [-0.39, 0.29) is 30.6 Å². The third-order valence-corrected chi connectivity index (χ3v) is 5.67. The molecule has 3 rings (SSSR count). The number of anilines is 1. The van der Waals surface area contributed by atoms with Crippen LogP contribution >= 0.6 is 24.8 Å². The highest BCUT2D eigenvalue weighted by Gasteiger charge is 2.22. The number of carbonyl (C=O) groups excluding carboxylic acids is 1. The van der Waals surface area contributed by atoms with Crippen molar-refractivity contribution in [3.05, 3.63) is 59.4 Å². The van der Waals surface area contributed by atoms with Gasteiger partial charge in [-0.2, -0.15) is 0 Å². The van der Waals surface area contributed by atoms with Gasteiger partial charge in [-0.25, -0.2) is 0 Å². The Morgan fingerprint density at radius 2 is 1.70 bits per heavy atom. The number of ether oxygens (including phenoxy) is 1. The Morgan fingerprint density at radius 1 is 1.00 bits per heavy atom. The predicted octanol–water partition coefficient (Wildman–Crippen LogP) is 6.54. The molecular weight excluding hydrogens is 459 g/mol. The number of benzene rings is 2. The summed E-state index contributed by atoms with van der Waals surface area (Å²) in [7, 11) is 0. The van der Waals surface area contributed by atoms with Crippen molar-refractivity contribution in [1.29, 1.82) is 0 Å². The van der Waals surface area contributed by atoms with E-state index < -0.39 is 0 Å². The van der Waals surface area contributed by atoms with Crippen molar-refractivity contribution in [3.8, 4) is 5.75 Å². The van der Waals surface area contributed by atoms with E-state index in [1.807, 2.05) is 36.4 Å². The van der Waals surface area contributed by atoms with Gasteiger partial charge in [-0.15, -0.1) is 24.8 Å². The second-order valence-corrected chi connectivity index (χ2v) is 7.84. The zero-order valence-corrected chi connectivity index (χ0v) is 21.4. The molecule has 3 aromatic rings. The van der Waals surface area contributed by atoms with Crippen LogP contribution in [0.3, 0.4) is 0 Å². The highest BCUT2D eigenvalue weighted by Crippen LogP contribution is 2.31. The Morgan fingerprint density at radius 3 is 2.33 bits per heavy atom. The molecule has 2 N–H and O–H groups in total. The number of fused-ring (bicyclic) bond motifs is 1. The van der Waals surface area contributed by atoms with Gasteiger partial charge in [0.05, 0.1) is 12.2 Å².